The zero-order chi connectivity index (χ0) is 22.0. The third-order valence-corrected chi connectivity index (χ3v) is 8.80. The van der Waals surface area contributed by atoms with Crippen molar-refractivity contribution in [2.75, 3.05) is 13.1 Å². The summed E-state index contributed by atoms with van der Waals surface area (Å²) >= 11 is 12.2. The molecule has 4 rings (SSSR count). The van der Waals surface area contributed by atoms with E-state index in [1.54, 1.807) is 6.07 Å². The minimum Gasteiger partial charge on any atom is -0.349 e. The van der Waals surface area contributed by atoms with Crippen LogP contribution in [0.25, 0.3) is 0 Å². The van der Waals surface area contributed by atoms with Gasteiger partial charge in [0.15, 0.2) is 5.82 Å². The van der Waals surface area contributed by atoms with Crippen LogP contribution in [0.3, 0.4) is 0 Å². The van der Waals surface area contributed by atoms with Gasteiger partial charge in [-0.15, -0.1) is 10.2 Å². The normalized spacial score (nSPS) is 18.4. The summed E-state index contributed by atoms with van der Waals surface area (Å²) in [7, 11) is -3.82. The Kier molecular flexibility index (Phi) is 6.86. The number of halogens is 2. The predicted molar refractivity (Wildman–Crippen MR) is 117 cm³/mol. The third kappa shape index (κ3) is 4.74. The molecule has 1 aromatic carbocycles. The van der Waals surface area contributed by atoms with Crippen molar-refractivity contribution < 1.29 is 13.2 Å². The number of amides is 1. The molecule has 0 unspecified atom stereocenters. The molecule has 0 bridgehead atoms. The molecule has 1 saturated heterocycles. The van der Waals surface area contributed by atoms with Gasteiger partial charge >= 0.3 is 0 Å². The number of sulfonamides is 1. The Bertz CT molecular complexity index is 1040. The largest absolute Gasteiger partial charge is 0.349 e. The molecule has 1 N–H and O–H groups in total. The lowest BCUT2D eigenvalue weighted by atomic mass is 9.97. The number of rotatable bonds is 5. The third-order valence-electron chi connectivity index (χ3n) is 5.95. The van der Waals surface area contributed by atoms with Crippen LogP contribution in [0.5, 0.6) is 0 Å². The van der Waals surface area contributed by atoms with Crippen LogP contribution in [0, 0.1) is 5.92 Å². The molecular weight excluding hydrogens is 461 g/mol. The molecule has 1 aromatic heterocycles. The number of benzene rings is 1. The molecule has 0 atom stereocenters. The zero-order valence-corrected chi connectivity index (χ0v) is 19.4. The van der Waals surface area contributed by atoms with E-state index in [1.165, 1.54) is 22.9 Å². The zero-order valence-electron chi connectivity index (χ0n) is 17.1. The lowest BCUT2D eigenvalue weighted by Gasteiger charge is -2.31. The fourth-order valence-corrected chi connectivity index (χ4v) is 6.76. The summed E-state index contributed by atoms with van der Waals surface area (Å²) in [6.07, 6.45) is 5.18. The number of aryl methyl sites for hydroxylation is 1. The molecule has 0 aliphatic carbocycles. The first-order valence-electron chi connectivity index (χ1n) is 10.5. The summed E-state index contributed by atoms with van der Waals surface area (Å²) in [6.45, 7) is 1.69. The molecule has 1 fully saturated rings. The van der Waals surface area contributed by atoms with Crippen molar-refractivity contribution in [3.63, 3.8) is 0 Å². The van der Waals surface area contributed by atoms with Crippen LogP contribution < -0.4 is 5.32 Å². The van der Waals surface area contributed by atoms with Crippen molar-refractivity contribution in [3.05, 3.63) is 39.9 Å². The van der Waals surface area contributed by atoms with Gasteiger partial charge in [-0.2, -0.15) is 4.31 Å². The first-order chi connectivity index (χ1) is 14.9. The van der Waals surface area contributed by atoms with E-state index < -0.39 is 10.0 Å². The van der Waals surface area contributed by atoms with Gasteiger partial charge in [-0.05, 0) is 37.8 Å². The van der Waals surface area contributed by atoms with Crippen LogP contribution in [0.2, 0.25) is 10.0 Å². The number of piperidine rings is 1. The van der Waals surface area contributed by atoms with E-state index in [0.717, 1.165) is 37.5 Å². The number of carbonyl (C=O) groups excluding carboxylic acids is 1. The monoisotopic (exact) mass is 485 g/mol. The number of hydrogen-bond acceptors (Lipinski definition) is 5. The number of fused-ring (bicyclic) bond motifs is 1. The first-order valence-corrected chi connectivity index (χ1v) is 12.7. The summed E-state index contributed by atoms with van der Waals surface area (Å²) in [6, 6.07) is 4.62. The van der Waals surface area contributed by atoms with E-state index in [4.69, 9.17) is 23.2 Å². The Balaban J connectivity index is 1.35. The van der Waals surface area contributed by atoms with Gasteiger partial charge in [0.2, 0.25) is 15.9 Å². The summed E-state index contributed by atoms with van der Waals surface area (Å²) < 4.78 is 29.4. The van der Waals surface area contributed by atoms with E-state index in [1.807, 2.05) is 0 Å². The molecule has 168 valence electrons. The topological polar surface area (TPSA) is 97.2 Å². The van der Waals surface area contributed by atoms with Crippen LogP contribution in [0.1, 0.15) is 43.8 Å². The molecule has 31 heavy (non-hydrogen) atoms. The summed E-state index contributed by atoms with van der Waals surface area (Å²) in [5, 5.41) is 11.6. The van der Waals surface area contributed by atoms with Crippen molar-refractivity contribution in [2.45, 2.75) is 56.5 Å². The van der Waals surface area contributed by atoms with Gasteiger partial charge in [-0.3, -0.25) is 4.79 Å². The van der Waals surface area contributed by atoms with Gasteiger partial charge in [0, 0.05) is 32.0 Å². The second-order valence-electron chi connectivity index (χ2n) is 7.94. The number of nitrogens with zero attached hydrogens (tertiary/aromatic N) is 4. The van der Waals surface area contributed by atoms with Crippen LogP contribution in [-0.2, 0) is 34.3 Å². The first kappa shape index (κ1) is 22.5. The Labute approximate surface area is 192 Å². The fourth-order valence-electron chi connectivity index (χ4n) is 4.20. The Morgan fingerprint density at radius 3 is 2.48 bits per heavy atom. The fraction of sp³-hybridized carbons (Fsp3) is 0.550. The maximum Gasteiger partial charge on any atom is 0.246 e. The molecule has 2 aliphatic rings. The van der Waals surface area contributed by atoms with E-state index in [0.29, 0.717) is 19.4 Å². The summed E-state index contributed by atoms with van der Waals surface area (Å²) in [5.41, 5.74) is 0. The maximum atomic E-state index is 13.0. The Morgan fingerprint density at radius 1 is 1.06 bits per heavy atom. The minimum atomic E-state index is -3.82. The smallest absolute Gasteiger partial charge is 0.246 e. The molecule has 0 saturated carbocycles. The number of carbonyl (C=O) groups is 1. The van der Waals surface area contributed by atoms with Gasteiger partial charge < -0.3 is 9.88 Å². The molecule has 8 nitrogen and oxygen atoms in total. The van der Waals surface area contributed by atoms with Crippen LogP contribution in [0.4, 0.5) is 0 Å². The number of hydrogen-bond donors (Lipinski definition) is 1. The van der Waals surface area contributed by atoms with E-state index in [2.05, 4.69) is 20.1 Å². The van der Waals surface area contributed by atoms with Gasteiger partial charge in [-0.1, -0.05) is 35.7 Å². The van der Waals surface area contributed by atoms with Crippen LogP contribution in [0.15, 0.2) is 23.1 Å². The molecule has 11 heteroatoms. The molecule has 2 aromatic rings. The van der Waals surface area contributed by atoms with E-state index in [-0.39, 0.29) is 39.9 Å². The minimum absolute atomic E-state index is 0.0752. The second-order valence-corrected chi connectivity index (χ2v) is 10.6. The van der Waals surface area contributed by atoms with Crippen LogP contribution >= 0.6 is 23.2 Å². The van der Waals surface area contributed by atoms with Gasteiger partial charge in [0.1, 0.15) is 10.7 Å². The van der Waals surface area contributed by atoms with Crippen LogP contribution in [-0.4, -0.2) is 46.5 Å². The summed E-state index contributed by atoms with van der Waals surface area (Å²) in [5.74, 6) is 1.43. The van der Waals surface area contributed by atoms with Gasteiger partial charge in [0.25, 0.3) is 0 Å². The van der Waals surface area contributed by atoms with Crippen molar-refractivity contribution in [3.8, 4) is 0 Å². The highest BCUT2D eigenvalue weighted by Gasteiger charge is 2.34. The molecule has 1 amide bonds. The van der Waals surface area contributed by atoms with Crippen molar-refractivity contribution in [1.29, 1.82) is 0 Å². The average molecular weight is 486 g/mol. The molecule has 3 heterocycles. The molecule has 2 aliphatic heterocycles. The molecule has 0 spiro atoms. The number of aromatic nitrogens is 3. The highest BCUT2D eigenvalue weighted by molar-refractivity contribution is 7.89. The molecule has 0 radical (unpaired) electrons. The maximum absolute atomic E-state index is 13.0. The van der Waals surface area contributed by atoms with Crippen molar-refractivity contribution in [2.24, 2.45) is 5.92 Å². The quantitative estimate of drug-likeness (QED) is 0.701. The van der Waals surface area contributed by atoms with E-state index in [9.17, 15) is 13.2 Å². The van der Waals surface area contributed by atoms with Crippen molar-refractivity contribution >= 4 is 39.1 Å². The van der Waals surface area contributed by atoms with Gasteiger partial charge in [-0.25, -0.2) is 8.42 Å². The average Bonchev–Trinajstić information content (AvgIpc) is 2.97. The Hall–Kier alpha value is -1.68. The second kappa shape index (κ2) is 9.44. The lowest BCUT2D eigenvalue weighted by molar-refractivity contribution is -0.126. The standard InChI is InChI=1S/C20H25Cl2N5O3S/c21-15-5-4-6-16(22)19(15)31(29,30)26-11-8-14(9-12-26)20(28)23-13-18-25-24-17-7-2-1-3-10-27(17)18/h4-6,14H,1-3,7-13H2,(H,23,28). The Morgan fingerprint density at radius 2 is 1.77 bits per heavy atom. The summed E-state index contributed by atoms with van der Waals surface area (Å²) in [4.78, 5) is 12.6. The molecular formula is C20H25Cl2N5O3S. The van der Waals surface area contributed by atoms with Crippen molar-refractivity contribution in [1.82, 2.24) is 24.4 Å². The predicted octanol–water partition coefficient (Wildman–Crippen LogP) is 3.03. The highest BCUT2D eigenvalue weighted by atomic mass is 35.5. The highest BCUT2D eigenvalue weighted by Crippen LogP contribution is 2.33. The number of nitrogens with one attached hydrogen (secondary N) is 1. The van der Waals surface area contributed by atoms with E-state index >= 15 is 0 Å². The van der Waals surface area contributed by atoms with Gasteiger partial charge in [0.05, 0.1) is 16.6 Å². The SMILES string of the molecule is O=C(NCc1nnc2n1CCCCC2)C1CCN(S(=O)(=O)c2c(Cl)cccc2Cl)CC1. The lowest BCUT2D eigenvalue weighted by Crippen LogP contribution is -2.43.